The number of sulfonamides is 1. The molecular weight excluding hydrogens is 385 g/mol. The van der Waals surface area contributed by atoms with Crippen LogP contribution in [0.5, 0.6) is 5.75 Å². The van der Waals surface area contributed by atoms with Crippen molar-refractivity contribution >= 4 is 27.3 Å². The third-order valence-corrected chi connectivity index (χ3v) is 4.70. The topological polar surface area (TPSA) is 75.7 Å². The quantitative estimate of drug-likeness (QED) is 0.804. The lowest BCUT2D eigenvalue weighted by molar-refractivity contribution is -0.274. The highest BCUT2D eigenvalue weighted by atomic mass is 32.2. The molecule has 0 heterocycles. The van der Waals surface area contributed by atoms with Crippen molar-refractivity contribution in [1.82, 2.24) is 0 Å². The van der Waals surface area contributed by atoms with Crippen LogP contribution in [0, 0.1) is 0 Å². The molecular formula is C17H17F3N2O4S. The van der Waals surface area contributed by atoms with Gasteiger partial charge in [-0.25, -0.2) is 8.42 Å². The van der Waals surface area contributed by atoms with E-state index in [1.54, 1.807) is 30.3 Å². The molecule has 0 fully saturated rings. The first-order chi connectivity index (χ1) is 12.5. The molecule has 2 aromatic rings. The average Bonchev–Trinajstić information content (AvgIpc) is 2.55. The molecule has 0 saturated heterocycles. The van der Waals surface area contributed by atoms with Crippen LogP contribution in [-0.2, 0) is 14.8 Å². The molecule has 10 heteroatoms. The van der Waals surface area contributed by atoms with Crippen molar-refractivity contribution in [3.8, 4) is 5.75 Å². The lowest BCUT2D eigenvalue weighted by Gasteiger charge is -2.28. The Hall–Kier alpha value is -2.75. The summed E-state index contributed by atoms with van der Waals surface area (Å²) in [5.41, 5.74) is 0.513. The first-order valence-electron chi connectivity index (χ1n) is 7.68. The van der Waals surface area contributed by atoms with Crippen LogP contribution in [0.1, 0.15) is 6.92 Å². The molecule has 1 amide bonds. The Morgan fingerprint density at radius 2 is 1.63 bits per heavy atom. The van der Waals surface area contributed by atoms with Crippen LogP contribution in [0.25, 0.3) is 0 Å². The van der Waals surface area contributed by atoms with Crippen molar-refractivity contribution < 1.29 is 31.1 Å². The second-order valence-corrected chi connectivity index (χ2v) is 7.49. The summed E-state index contributed by atoms with van der Waals surface area (Å²) in [5.74, 6) is -1.08. The monoisotopic (exact) mass is 402 g/mol. The molecule has 0 aliphatic rings. The van der Waals surface area contributed by atoms with Crippen LogP contribution < -0.4 is 14.4 Å². The van der Waals surface area contributed by atoms with E-state index < -0.39 is 34.1 Å². The molecule has 2 aromatic carbocycles. The predicted octanol–water partition coefficient (Wildman–Crippen LogP) is 3.38. The van der Waals surface area contributed by atoms with Gasteiger partial charge in [0.25, 0.3) is 0 Å². The van der Waals surface area contributed by atoms with Gasteiger partial charge < -0.3 is 10.1 Å². The van der Waals surface area contributed by atoms with Gasteiger partial charge in [-0.05, 0) is 43.3 Å². The largest absolute Gasteiger partial charge is 0.573 e. The molecule has 6 nitrogen and oxygen atoms in total. The zero-order valence-corrected chi connectivity index (χ0v) is 15.2. The maximum absolute atomic E-state index is 12.5. The number of alkyl halides is 3. The number of rotatable bonds is 6. The number of nitrogens with one attached hydrogen (secondary N) is 1. The fourth-order valence-electron chi connectivity index (χ4n) is 2.37. The van der Waals surface area contributed by atoms with Crippen LogP contribution in [0.3, 0.4) is 0 Å². The molecule has 1 atom stereocenters. The SMILES string of the molecule is C[C@H](C(=O)Nc1ccc(OC(F)(F)F)cc1)N(c1ccccc1)S(C)(=O)=O. The summed E-state index contributed by atoms with van der Waals surface area (Å²) in [6, 6.07) is 11.5. The highest BCUT2D eigenvalue weighted by Gasteiger charge is 2.31. The fraction of sp³-hybridized carbons (Fsp3) is 0.235. The Balaban J connectivity index is 2.16. The molecule has 0 spiro atoms. The summed E-state index contributed by atoms with van der Waals surface area (Å²) >= 11 is 0. The van der Waals surface area contributed by atoms with E-state index in [2.05, 4.69) is 10.1 Å². The van der Waals surface area contributed by atoms with Gasteiger partial charge in [0.15, 0.2) is 0 Å². The molecule has 1 N–H and O–H groups in total. The lowest BCUT2D eigenvalue weighted by atomic mass is 10.2. The Labute approximate surface area is 154 Å². The summed E-state index contributed by atoms with van der Waals surface area (Å²) in [4.78, 5) is 12.5. The van der Waals surface area contributed by atoms with Gasteiger partial charge in [0.1, 0.15) is 11.8 Å². The average molecular weight is 402 g/mol. The van der Waals surface area contributed by atoms with E-state index in [9.17, 15) is 26.4 Å². The third-order valence-electron chi connectivity index (χ3n) is 3.45. The van der Waals surface area contributed by atoms with E-state index in [0.717, 1.165) is 22.7 Å². The van der Waals surface area contributed by atoms with Crippen LogP contribution in [-0.4, -0.2) is 33.0 Å². The number of halogens is 3. The number of amides is 1. The molecule has 27 heavy (non-hydrogen) atoms. The summed E-state index contributed by atoms with van der Waals surface area (Å²) in [6.07, 6.45) is -3.84. The van der Waals surface area contributed by atoms with E-state index in [1.807, 2.05) is 0 Å². The summed E-state index contributed by atoms with van der Waals surface area (Å²) < 4.78 is 65.5. The number of nitrogens with zero attached hydrogens (tertiary/aromatic N) is 1. The van der Waals surface area contributed by atoms with Crippen molar-refractivity contribution in [2.45, 2.75) is 19.3 Å². The van der Waals surface area contributed by atoms with Gasteiger partial charge in [0, 0.05) is 5.69 Å². The van der Waals surface area contributed by atoms with Crippen molar-refractivity contribution in [3.05, 3.63) is 54.6 Å². The van der Waals surface area contributed by atoms with E-state index in [-0.39, 0.29) is 5.69 Å². The summed E-state index contributed by atoms with van der Waals surface area (Å²) in [7, 11) is -3.75. The Morgan fingerprint density at radius 3 is 2.11 bits per heavy atom. The fourth-order valence-corrected chi connectivity index (χ4v) is 3.55. The Kier molecular flexibility index (Phi) is 5.99. The summed E-state index contributed by atoms with van der Waals surface area (Å²) in [5, 5.41) is 2.47. The van der Waals surface area contributed by atoms with Gasteiger partial charge in [0.05, 0.1) is 11.9 Å². The third kappa shape index (κ3) is 5.88. The first kappa shape index (κ1) is 20.6. The molecule has 0 unspecified atom stereocenters. The van der Waals surface area contributed by atoms with Crippen molar-refractivity contribution in [2.24, 2.45) is 0 Å². The van der Waals surface area contributed by atoms with Gasteiger partial charge in [-0.15, -0.1) is 13.2 Å². The molecule has 0 aliphatic heterocycles. The van der Waals surface area contributed by atoms with Gasteiger partial charge in [-0.3, -0.25) is 9.10 Å². The second-order valence-electron chi connectivity index (χ2n) is 5.63. The maximum atomic E-state index is 12.5. The smallest absolute Gasteiger partial charge is 0.406 e. The highest BCUT2D eigenvalue weighted by Crippen LogP contribution is 2.25. The number of carbonyl (C=O) groups is 1. The van der Waals surface area contributed by atoms with Crippen molar-refractivity contribution in [1.29, 1.82) is 0 Å². The van der Waals surface area contributed by atoms with Crippen LogP contribution >= 0.6 is 0 Å². The lowest BCUT2D eigenvalue weighted by Crippen LogP contribution is -2.45. The van der Waals surface area contributed by atoms with E-state index >= 15 is 0 Å². The van der Waals surface area contributed by atoms with Crippen molar-refractivity contribution in [3.63, 3.8) is 0 Å². The van der Waals surface area contributed by atoms with Gasteiger partial charge >= 0.3 is 6.36 Å². The minimum atomic E-state index is -4.81. The Morgan fingerprint density at radius 1 is 1.07 bits per heavy atom. The molecule has 2 rings (SSSR count). The zero-order valence-electron chi connectivity index (χ0n) is 14.4. The van der Waals surface area contributed by atoms with Crippen LogP contribution in [0.15, 0.2) is 54.6 Å². The van der Waals surface area contributed by atoms with E-state index in [1.165, 1.54) is 19.1 Å². The Bertz CT molecular complexity index is 885. The molecule has 0 aliphatic carbocycles. The van der Waals surface area contributed by atoms with Gasteiger partial charge in [-0.2, -0.15) is 0 Å². The number of benzene rings is 2. The number of carbonyl (C=O) groups excluding carboxylic acids is 1. The molecule has 0 aromatic heterocycles. The number of hydrogen-bond donors (Lipinski definition) is 1. The van der Waals surface area contributed by atoms with Crippen molar-refractivity contribution in [2.75, 3.05) is 15.9 Å². The van der Waals surface area contributed by atoms with Gasteiger partial charge in [-0.1, -0.05) is 18.2 Å². The molecule has 0 saturated carbocycles. The molecule has 146 valence electrons. The number of hydrogen-bond acceptors (Lipinski definition) is 4. The van der Waals surface area contributed by atoms with Crippen LogP contribution in [0.4, 0.5) is 24.5 Å². The first-order valence-corrected chi connectivity index (χ1v) is 9.53. The molecule has 0 bridgehead atoms. The maximum Gasteiger partial charge on any atom is 0.573 e. The highest BCUT2D eigenvalue weighted by molar-refractivity contribution is 7.92. The van der Waals surface area contributed by atoms with Gasteiger partial charge in [0.2, 0.25) is 15.9 Å². The van der Waals surface area contributed by atoms with E-state index in [0.29, 0.717) is 5.69 Å². The normalized spacial score (nSPS) is 12.9. The standard InChI is InChI=1S/C17H17F3N2O4S/c1-12(22(27(2,24)25)14-6-4-3-5-7-14)16(23)21-13-8-10-15(11-9-13)26-17(18,19)20/h3-12H,1-2H3,(H,21,23)/t12-/m1/s1. The number of ether oxygens (including phenoxy) is 1. The van der Waals surface area contributed by atoms with Crippen LogP contribution in [0.2, 0.25) is 0 Å². The number of anilines is 2. The second kappa shape index (κ2) is 7.87. The minimum absolute atomic E-state index is 0.197. The number of para-hydroxylation sites is 1. The summed E-state index contributed by atoms with van der Waals surface area (Å²) in [6.45, 7) is 1.41. The molecule has 0 radical (unpaired) electrons. The predicted molar refractivity (Wildman–Crippen MR) is 95.0 cm³/mol. The zero-order chi connectivity index (χ0) is 20.2. The minimum Gasteiger partial charge on any atom is -0.406 e. The van der Waals surface area contributed by atoms with E-state index in [4.69, 9.17) is 0 Å².